The molecule has 0 unspecified atom stereocenters. The molecule has 0 spiro atoms. The first-order valence-corrected chi connectivity index (χ1v) is 6.92. The highest BCUT2D eigenvalue weighted by Crippen LogP contribution is 2.32. The van der Waals surface area contributed by atoms with Crippen molar-refractivity contribution < 1.29 is 0 Å². The van der Waals surface area contributed by atoms with E-state index in [9.17, 15) is 0 Å². The Morgan fingerprint density at radius 3 is 2.42 bits per heavy atom. The Morgan fingerprint density at radius 1 is 1.16 bits per heavy atom. The number of hydrogen-bond acceptors (Lipinski definition) is 3. The lowest BCUT2D eigenvalue weighted by atomic mass is 10.1. The molecular weight excluding hydrogens is 234 g/mol. The van der Waals surface area contributed by atoms with Crippen molar-refractivity contribution in [3.63, 3.8) is 0 Å². The quantitative estimate of drug-likeness (QED) is 0.914. The summed E-state index contributed by atoms with van der Waals surface area (Å²) in [6.07, 6.45) is 3.07. The zero-order valence-corrected chi connectivity index (χ0v) is 11.5. The minimum Gasteiger partial charge on any atom is -0.373 e. The molecule has 0 radical (unpaired) electrons. The molecule has 3 rings (SSSR count). The standard InChI is InChI=1S/C16H19N3/c1-3-14-10-15(17-2)19-16(18-14)13-8-11-6-4-5-7-12(11)9-13/h4-7,10,13H,3,8-9H2,1-2H3,(H,17,18,19). The van der Waals surface area contributed by atoms with E-state index in [-0.39, 0.29) is 0 Å². The summed E-state index contributed by atoms with van der Waals surface area (Å²) in [6, 6.07) is 10.7. The molecule has 19 heavy (non-hydrogen) atoms. The van der Waals surface area contributed by atoms with E-state index < -0.39 is 0 Å². The Balaban J connectivity index is 1.92. The third-order valence-electron chi connectivity index (χ3n) is 3.83. The third-order valence-corrected chi connectivity index (χ3v) is 3.83. The van der Waals surface area contributed by atoms with Crippen LogP contribution in [0.4, 0.5) is 5.82 Å². The van der Waals surface area contributed by atoms with E-state index in [4.69, 9.17) is 4.98 Å². The summed E-state index contributed by atoms with van der Waals surface area (Å²) in [5.41, 5.74) is 4.01. The van der Waals surface area contributed by atoms with Gasteiger partial charge in [0.25, 0.3) is 0 Å². The van der Waals surface area contributed by atoms with E-state index in [0.717, 1.165) is 36.6 Å². The van der Waals surface area contributed by atoms with Crippen LogP contribution in [0.25, 0.3) is 0 Å². The molecule has 0 atom stereocenters. The highest BCUT2D eigenvalue weighted by Gasteiger charge is 2.25. The van der Waals surface area contributed by atoms with Crippen molar-refractivity contribution in [1.29, 1.82) is 0 Å². The number of benzene rings is 1. The Bertz CT molecular complexity index is 545. The van der Waals surface area contributed by atoms with E-state index in [1.807, 2.05) is 13.1 Å². The first-order valence-electron chi connectivity index (χ1n) is 6.92. The van der Waals surface area contributed by atoms with Gasteiger partial charge in [0.05, 0.1) is 0 Å². The van der Waals surface area contributed by atoms with Gasteiger partial charge in [-0.2, -0.15) is 0 Å². The normalized spacial score (nSPS) is 14.4. The van der Waals surface area contributed by atoms with Gasteiger partial charge in [-0.15, -0.1) is 0 Å². The summed E-state index contributed by atoms with van der Waals surface area (Å²) in [5, 5.41) is 3.14. The molecule has 3 nitrogen and oxygen atoms in total. The zero-order valence-electron chi connectivity index (χ0n) is 11.5. The molecule has 0 fully saturated rings. The number of fused-ring (bicyclic) bond motifs is 1. The minimum absolute atomic E-state index is 0.427. The fraction of sp³-hybridized carbons (Fsp3) is 0.375. The summed E-state index contributed by atoms with van der Waals surface area (Å²) in [6.45, 7) is 2.13. The number of nitrogens with one attached hydrogen (secondary N) is 1. The first-order chi connectivity index (χ1) is 9.30. The average Bonchev–Trinajstić information content (AvgIpc) is 2.90. The summed E-state index contributed by atoms with van der Waals surface area (Å²) in [5.74, 6) is 2.34. The fourth-order valence-corrected chi connectivity index (χ4v) is 2.75. The molecular formula is C16H19N3. The van der Waals surface area contributed by atoms with Crippen LogP contribution >= 0.6 is 0 Å². The number of nitrogens with zero attached hydrogens (tertiary/aromatic N) is 2. The van der Waals surface area contributed by atoms with Gasteiger partial charge in [0.2, 0.25) is 0 Å². The molecule has 98 valence electrons. The van der Waals surface area contributed by atoms with Crippen LogP contribution in [0.5, 0.6) is 0 Å². The van der Waals surface area contributed by atoms with Crippen LogP contribution in [0.15, 0.2) is 30.3 Å². The van der Waals surface area contributed by atoms with Crippen molar-refractivity contribution >= 4 is 5.82 Å². The second-order valence-electron chi connectivity index (χ2n) is 5.08. The zero-order chi connectivity index (χ0) is 13.2. The Kier molecular flexibility index (Phi) is 3.20. The average molecular weight is 253 g/mol. The van der Waals surface area contributed by atoms with Crippen LogP contribution in [-0.4, -0.2) is 17.0 Å². The number of aromatic nitrogens is 2. The topological polar surface area (TPSA) is 37.8 Å². The van der Waals surface area contributed by atoms with Crippen molar-refractivity contribution in [1.82, 2.24) is 9.97 Å². The summed E-state index contributed by atoms with van der Waals surface area (Å²) in [7, 11) is 1.91. The van der Waals surface area contributed by atoms with Gasteiger partial charge < -0.3 is 5.32 Å². The Morgan fingerprint density at radius 2 is 1.84 bits per heavy atom. The molecule has 0 saturated heterocycles. The smallest absolute Gasteiger partial charge is 0.134 e. The molecule has 2 aromatic rings. The SMILES string of the molecule is CCc1cc(NC)nc(C2Cc3ccccc3C2)n1. The van der Waals surface area contributed by atoms with Crippen LogP contribution in [-0.2, 0) is 19.3 Å². The summed E-state index contributed by atoms with van der Waals surface area (Å²) in [4.78, 5) is 9.36. The molecule has 1 aliphatic rings. The van der Waals surface area contributed by atoms with Gasteiger partial charge in [0, 0.05) is 24.7 Å². The Hall–Kier alpha value is -1.90. The summed E-state index contributed by atoms with van der Waals surface area (Å²) < 4.78 is 0. The van der Waals surface area contributed by atoms with Crippen molar-refractivity contribution in [2.24, 2.45) is 0 Å². The molecule has 0 aliphatic heterocycles. The van der Waals surface area contributed by atoms with E-state index in [0.29, 0.717) is 5.92 Å². The molecule has 0 bridgehead atoms. The highest BCUT2D eigenvalue weighted by atomic mass is 15.0. The van der Waals surface area contributed by atoms with E-state index >= 15 is 0 Å². The largest absolute Gasteiger partial charge is 0.373 e. The van der Waals surface area contributed by atoms with Crippen LogP contribution in [0.1, 0.15) is 35.5 Å². The number of aryl methyl sites for hydroxylation is 1. The maximum absolute atomic E-state index is 4.71. The van der Waals surface area contributed by atoms with Crippen molar-refractivity contribution in [3.8, 4) is 0 Å². The van der Waals surface area contributed by atoms with E-state index in [2.05, 4.69) is 41.5 Å². The van der Waals surface area contributed by atoms with Gasteiger partial charge in [0.15, 0.2) is 0 Å². The maximum Gasteiger partial charge on any atom is 0.134 e. The van der Waals surface area contributed by atoms with Crippen LogP contribution in [0.3, 0.4) is 0 Å². The molecule has 0 amide bonds. The number of rotatable bonds is 3. The number of anilines is 1. The fourth-order valence-electron chi connectivity index (χ4n) is 2.75. The monoisotopic (exact) mass is 253 g/mol. The molecule has 1 N–H and O–H groups in total. The molecule has 1 aromatic carbocycles. The molecule has 1 aliphatic carbocycles. The lowest BCUT2D eigenvalue weighted by molar-refractivity contribution is 0.676. The van der Waals surface area contributed by atoms with Gasteiger partial charge in [0.1, 0.15) is 11.6 Å². The van der Waals surface area contributed by atoms with E-state index in [1.165, 1.54) is 11.1 Å². The second kappa shape index (κ2) is 5.00. The van der Waals surface area contributed by atoms with Gasteiger partial charge in [-0.05, 0) is 30.4 Å². The summed E-state index contributed by atoms with van der Waals surface area (Å²) >= 11 is 0. The second-order valence-corrected chi connectivity index (χ2v) is 5.08. The Labute approximate surface area is 114 Å². The first kappa shape index (κ1) is 12.2. The lowest BCUT2D eigenvalue weighted by Crippen LogP contribution is -2.08. The van der Waals surface area contributed by atoms with Gasteiger partial charge in [-0.1, -0.05) is 31.2 Å². The van der Waals surface area contributed by atoms with E-state index in [1.54, 1.807) is 0 Å². The predicted octanol–water partition coefficient (Wildman–Crippen LogP) is 2.96. The molecule has 0 saturated carbocycles. The van der Waals surface area contributed by atoms with Gasteiger partial charge >= 0.3 is 0 Å². The van der Waals surface area contributed by atoms with Crippen molar-refractivity contribution in [3.05, 3.63) is 53.0 Å². The highest BCUT2D eigenvalue weighted by molar-refractivity contribution is 5.39. The van der Waals surface area contributed by atoms with Crippen LogP contribution in [0.2, 0.25) is 0 Å². The molecule has 1 heterocycles. The third kappa shape index (κ3) is 2.33. The lowest BCUT2D eigenvalue weighted by Gasteiger charge is -2.11. The van der Waals surface area contributed by atoms with Crippen molar-refractivity contribution in [2.75, 3.05) is 12.4 Å². The minimum atomic E-state index is 0.427. The molecule has 1 aromatic heterocycles. The maximum atomic E-state index is 4.71. The number of hydrogen-bond donors (Lipinski definition) is 1. The van der Waals surface area contributed by atoms with Crippen LogP contribution in [0, 0.1) is 0 Å². The predicted molar refractivity (Wildman–Crippen MR) is 77.5 cm³/mol. The van der Waals surface area contributed by atoms with Crippen LogP contribution < -0.4 is 5.32 Å². The van der Waals surface area contributed by atoms with Gasteiger partial charge in [-0.3, -0.25) is 0 Å². The van der Waals surface area contributed by atoms with Crippen molar-refractivity contribution in [2.45, 2.75) is 32.1 Å². The molecule has 3 heteroatoms. The van der Waals surface area contributed by atoms with Gasteiger partial charge in [-0.25, -0.2) is 9.97 Å².